The van der Waals surface area contributed by atoms with Crippen LogP contribution in [0.3, 0.4) is 0 Å². The van der Waals surface area contributed by atoms with Gasteiger partial charge in [0.05, 0.1) is 44.7 Å². The van der Waals surface area contributed by atoms with E-state index >= 15 is 0 Å². The van der Waals surface area contributed by atoms with Crippen molar-refractivity contribution < 1.29 is 9.64 Å². The first-order chi connectivity index (χ1) is 10.4. The summed E-state index contributed by atoms with van der Waals surface area (Å²) in [6.45, 7) is 5.40. The molecule has 1 aromatic heterocycles. The van der Waals surface area contributed by atoms with Gasteiger partial charge in [-0.15, -0.1) is 0 Å². The number of para-hydroxylation sites is 2. The molecule has 0 amide bonds. The summed E-state index contributed by atoms with van der Waals surface area (Å²) in [5.41, 5.74) is 2.38. The van der Waals surface area contributed by atoms with E-state index in [2.05, 4.69) is 34.1 Å². The molecule has 21 heavy (non-hydrogen) atoms. The van der Waals surface area contributed by atoms with Crippen LogP contribution in [-0.2, 0) is 6.54 Å². The van der Waals surface area contributed by atoms with Gasteiger partial charge in [-0.2, -0.15) is 0 Å². The Kier molecular flexibility index (Phi) is 4.36. The van der Waals surface area contributed by atoms with E-state index in [1.165, 1.54) is 11.4 Å². The molecule has 1 aromatic carbocycles. The fraction of sp³-hybridized carbons (Fsp3) is 0.353. The number of nitrogens with one attached hydrogen (secondary N) is 1. The van der Waals surface area contributed by atoms with Gasteiger partial charge in [-0.1, -0.05) is 18.2 Å². The zero-order valence-corrected chi connectivity index (χ0v) is 12.5. The molecule has 0 atom stereocenters. The third-order valence-corrected chi connectivity index (χ3v) is 4.05. The van der Waals surface area contributed by atoms with Crippen molar-refractivity contribution in [3.05, 3.63) is 54.4 Å². The van der Waals surface area contributed by atoms with Gasteiger partial charge in [-0.25, -0.2) is 0 Å². The van der Waals surface area contributed by atoms with Gasteiger partial charge in [0.2, 0.25) is 0 Å². The Balaban J connectivity index is 1.60. The lowest BCUT2D eigenvalue weighted by Gasteiger charge is -2.34. The first-order valence-electron chi connectivity index (χ1n) is 7.48. The highest BCUT2D eigenvalue weighted by atomic mass is 16.5. The van der Waals surface area contributed by atoms with Gasteiger partial charge < -0.3 is 14.5 Å². The van der Waals surface area contributed by atoms with E-state index in [1.807, 2.05) is 24.4 Å². The molecule has 0 spiro atoms. The van der Waals surface area contributed by atoms with Crippen molar-refractivity contribution in [2.24, 2.45) is 0 Å². The molecule has 2 aromatic rings. The maximum absolute atomic E-state index is 5.46. The van der Waals surface area contributed by atoms with Crippen LogP contribution in [-0.4, -0.2) is 38.3 Å². The predicted octanol–water partition coefficient (Wildman–Crippen LogP) is 0.995. The monoisotopic (exact) mass is 284 g/mol. The van der Waals surface area contributed by atoms with Crippen molar-refractivity contribution in [3.8, 4) is 5.75 Å². The van der Waals surface area contributed by atoms with Crippen LogP contribution >= 0.6 is 0 Å². The molecule has 0 radical (unpaired) electrons. The molecule has 4 nitrogen and oxygen atoms in total. The minimum Gasteiger partial charge on any atom is -0.495 e. The zero-order chi connectivity index (χ0) is 14.5. The summed E-state index contributed by atoms with van der Waals surface area (Å²) in [6.07, 6.45) is 1.87. The van der Waals surface area contributed by atoms with Crippen LogP contribution in [0.1, 0.15) is 5.69 Å². The van der Waals surface area contributed by atoms with Crippen LogP contribution in [0.25, 0.3) is 0 Å². The molecular weight excluding hydrogens is 262 g/mol. The minimum absolute atomic E-state index is 0.964. The average molecular weight is 284 g/mol. The number of nitrogens with zero attached hydrogens (tertiary/aromatic N) is 2. The van der Waals surface area contributed by atoms with Crippen LogP contribution < -0.4 is 14.5 Å². The summed E-state index contributed by atoms with van der Waals surface area (Å²) in [5, 5.41) is 0. The summed E-state index contributed by atoms with van der Waals surface area (Å²) < 4.78 is 5.46. The van der Waals surface area contributed by atoms with E-state index in [0.717, 1.165) is 38.5 Å². The van der Waals surface area contributed by atoms with E-state index in [9.17, 15) is 0 Å². The topological polar surface area (TPSA) is 29.8 Å². The maximum atomic E-state index is 5.46. The van der Waals surface area contributed by atoms with Crippen LogP contribution in [0.5, 0.6) is 5.75 Å². The molecule has 1 N–H and O–H groups in total. The fourth-order valence-corrected chi connectivity index (χ4v) is 2.89. The molecule has 0 saturated carbocycles. The van der Waals surface area contributed by atoms with Crippen molar-refractivity contribution in [2.75, 3.05) is 38.2 Å². The third kappa shape index (κ3) is 3.34. The van der Waals surface area contributed by atoms with Gasteiger partial charge in [-0.05, 0) is 24.3 Å². The molecule has 110 valence electrons. The Morgan fingerprint density at radius 2 is 1.86 bits per heavy atom. The maximum Gasteiger partial charge on any atom is 0.142 e. The standard InChI is InChI=1S/C17H21N3O/c1-21-17-8-3-2-7-16(17)20-12-10-19(11-13-20)14-15-6-4-5-9-18-15/h2-9H,10-14H2,1H3/p+1. The van der Waals surface area contributed by atoms with Gasteiger partial charge in [0.15, 0.2) is 0 Å². The summed E-state index contributed by atoms with van der Waals surface area (Å²) in [4.78, 5) is 8.44. The quantitative estimate of drug-likeness (QED) is 0.908. The van der Waals surface area contributed by atoms with Crippen LogP contribution in [0.2, 0.25) is 0 Å². The Morgan fingerprint density at radius 1 is 1.10 bits per heavy atom. The van der Waals surface area contributed by atoms with Crippen LogP contribution in [0.4, 0.5) is 5.69 Å². The van der Waals surface area contributed by atoms with E-state index in [1.54, 1.807) is 12.0 Å². The highest BCUT2D eigenvalue weighted by molar-refractivity contribution is 5.58. The Hall–Kier alpha value is -2.07. The fourth-order valence-electron chi connectivity index (χ4n) is 2.89. The molecule has 1 fully saturated rings. The van der Waals surface area contributed by atoms with Gasteiger partial charge in [0.1, 0.15) is 12.3 Å². The first-order valence-corrected chi connectivity index (χ1v) is 7.48. The number of ether oxygens (including phenoxy) is 1. The second-order valence-electron chi connectivity index (χ2n) is 5.41. The molecule has 0 unspecified atom stereocenters. The molecule has 0 aliphatic carbocycles. The second kappa shape index (κ2) is 6.59. The molecule has 2 heterocycles. The van der Waals surface area contributed by atoms with E-state index in [-0.39, 0.29) is 0 Å². The van der Waals surface area contributed by atoms with Crippen molar-refractivity contribution >= 4 is 5.69 Å². The lowest BCUT2D eigenvalue weighted by atomic mass is 10.2. The Labute approximate surface area is 126 Å². The number of hydrogen-bond acceptors (Lipinski definition) is 3. The summed E-state index contributed by atoms with van der Waals surface area (Å²) in [7, 11) is 1.74. The second-order valence-corrected chi connectivity index (χ2v) is 5.41. The number of rotatable bonds is 4. The minimum atomic E-state index is 0.964. The molecule has 1 saturated heterocycles. The van der Waals surface area contributed by atoms with Crippen molar-refractivity contribution in [1.82, 2.24) is 4.98 Å². The number of pyridine rings is 1. The molecule has 1 aliphatic heterocycles. The van der Waals surface area contributed by atoms with Crippen molar-refractivity contribution in [1.29, 1.82) is 0 Å². The highest BCUT2D eigenvalue weighted by Crippen LogP contribution is 2.27. The molecule has 0 bridgehead atoms. The predicted molar refractivity (Wildman–Crippen MR) is 83.8 cm³/mol. The van der Waals surface area contributed by atoms with E-state index in [4.69, 9.17) is 4.74 Å². The number of anilines is 1. The Bertz CT molecular complexity index is 565. The smallest absolute Gasteiger partial charge is 0.142 e. The van der Waals surface area contributed by atoms with E-state index in [0.29, 0.717) is 0 Å². The van der Waals surface area contributed by atoms with Crippen molar-refractivity contribution in [2.45, 2.75) is 6.54 Å². The molecule has 3 rings (SSSR count). The number of aromatic nitrogens is 1. The lowest BCUT2D eigenvalue weighted by molar-refractivity contribution is -0.914. The van der Waals surface area contributed by atoms with Gasteiger partial charge >= 0.3 is 0 Å². The third-order valence-electron chi connectivity index (χ3n) is 4.05. The van der Waals surface area contributed by atoms with Gasteiger partial charge in [0.25, 0.3) is 0 Å². The summed E-state index contributed by atoms with van der Waals surface area (Å²) >= 11 is 0. The van der Waals surface area contributed by atoms with Crippen molar-refractivity contribution in [3.63, 3.8) is 0 Å². The van der Waals surface area contributed by atoms with Crippen LogP contribution in [0, 0.1) is 0 Å². The first kappa shape index (κ1) is 13.9. The Morgan fingerprint density at radius 3 is 2.57 bits per heavy atom. The van der Waals surface area contributed by atoms with E-state index < -0.39 is 0 Å². The molecule has 4 heteroatoms. The lowest BCUT2D eigenvalue weighted by Crippen LogP contribution is -3.13. The largest absolute Gasteiger partial charge is 0.495 e. The zero-order valence-electron chi connectivity index (χ0n) is 12.5. The molecular formula is C17H22N3O+. The van der Waals surface area contributed by atoms with Gasteiger partial charge in [0, 0.05) is 6.20 Å². The number of benzene rings is 1. The number of quaternary nitrogens is 1. The number of hydrogen-bond donors (Lipinski definition) is 1. The number of piperazine rings is 1. The molecule has 1 aliphatic rings. The van der Waals surface area contributed by atoms with Crippen LogP contribution in [0.15, 0.2) is 48.7 Å². The number of methoxy groups -OCH3 is 1. The normalized spacial score (nSPS) is 16.0. The average Bonchev–Trinajstić information content (AvgIpc) is 2.56. The van der Waals surface area contributed by atoms with Gasteiger partial charge in [-0.3, -0.25) is 4.98 Å². The highest BCUT2D eigenvalue weighted by Gasteiger charge is 2.22. The SMILES string of the molecule is COc1ccccc1N1CC[NH+](Cc2ccccn2)CC1. The summed E-state index contributed by atoms with van der Waals surface area (Å²) in [6, 6.07) is 14.4. The summed E-state index contributed by atoms with van der Waals surface area (Å²) in [5.74, 6) is 0.964.